The average molecular weight is 172 g/mol. The van der Waals surface area contributed by atoms with Gasteiger partial charge in [-0.3, -0.25) is 4.79 Å². The van der Waals surface area contributed by atoms with Gasteiger partial charge in [0, 0.05) is 0 Å². The number of halogens is 1. The van der Waals surface area contributed by atoms with Gasteiger partial charge in [0.2, 0.25) is 0 Å². The van der Waals surface area contributed by atoms with Gasteiger partial charge in [0.1, 0.15) is 6.17 Å². The molecule has 0 spiro atoms. The molecule has 1 N–H and O–H groups in total. The van der Waals surface area contributed by atoms with E-state index in [4.69, 9.17) is 5.11 Å². The van der Waals surface area contributed by atoms with Crippen LogP contribution in [-0.4, -0.2) is 17.2 Å². The minimum absolute atomic E-state index is 0.116. The van der Waals surface area contributed by atoms with Gasteiger partial charge < -0.3 is 5.11 Å². The van der Waals surface area contributed by atoms with Gasteiger partial charge in [-0.2, -0.15) is 0 Å². The summed E-state index contributed by atoms with van der Waals surface area (Å²) in [5, 5.41) is 9.03. The number of carbonyl (C=O) groups is 1. The first-order valence-corrected chi connectivity index (χ1v) is 4.52. The van der Waals surface area contributed by atoms with Crippen molar-refractivity contribution >= 4 is 5.97 Å². The maximum atomic E-state index is 13.0. The number of carboxylic acids is 1. The highest BCUT2D eigenvalue weighted by Crippen LogP contribution is 2.55. The Kier molecular flexibility index (Phi) is 1.63. The molecule has 2 nitrogen and oxygen atoms in total. The Morgan fingerprint density at radius 2 is 2.33 bits per heavy atom. The summed E-state index contributed by atoms with van der Waals surface area (Å²) in [7, 11) is 0. The van der Waals surface area contributed by atoms with E-state index in [2.05, 4.69) is 0 Å². The summed E-state index contributed by atoms with van der Waals surface area (Å²) >= 11 is 0. The van der Waals surface area contributed by atoms with Gasteiger partial charge in [0.05, 0.1) is 5.41 Å². The van der Waals surface area contributed by atoms with Crippen LogP contribution in [0.2, 0.25) is 0 Å². The number of carboxylic acid groups (broad SMARTS) is 1. The molecule has 0 aromatic carbocycles. The Hall–Kier alpha value is -0.600. The summed E-state index contributed by atoms with van der Waals surface area (Å²) < 4.78 is 13.0. The third kappa shape index (κ3) is 0.883. The molecule has 0 aliphatic heterocycles. The molecule has 2 aliphatic rings. The van der Waals surface area contributed by atoms with E-state index in [1.54, 1.807) is 0 Å². The fourth-order valence-corrected chi connectivity index (χ4v) is 2.91. The molecule has 2 saturated carbocycles. The Morgan fingerprint density at radius 1 is 1.58 bits per heavy atom. The van der Waals surface area contributed by atoms with Crippen LogP contribution in [0.25, 0.3) is 0 Å². The normalized spacial score (nSPS) is 46.1. The standard InChI is InChI=1S/C9H13FO2/c10-7-4-6-2-1-3-9(6,5-7)8(11)12/h6-7H,1-5H2,(H,11,12). The molecule has 3 heteroatoms. The van der Waals surface area contributed by atoms with Crippen LogP contribution in [0.4, 0.5) is 4.39 Å². The Bertz CT molecular complexity index is 217. The van der Waals surface area contributed by atoms with E-state index in [0.29, 0.717) is 12.8 Å². The van der Waals surface area contributed by atoms with Crippen LogP contribution in [0.1, 0.15) is 32.1 Å². The first-order chi connectivity index (χ1) is 5.65. The highest BCUT2D eigenvalue weighted by molar-refractivity contribution is 5.76. The van der Waals surface area contributed by atoms with Crippen molar-refractivity contribution in [1.29, 1.82) is 0 Å². The number of hydrogen-bond donors (Lipinski definition) is 1. The molecule has 0 saturated heterocycles. The lowest BCUT2D eigenvalue weighted by Crippen LogP contribution is -2.30. The number of rotatable bonds is 1. The van der Waals surface area contributed by atoms with Crippen molar-refractivity contribution in [2.45, 2.75) is 38.3 Å². The fraction of sp³-hybridized carbons (Fsp3) is 0.889. The van der Waals surface area contributed by atoms with E-state index >= 15 is 0 Å². The van der Waals surface area contributed by atoms with Gasteiger partial charge >= 0.3 is 5.97 Å². The lowest BCUT2D eigenvalue weighted by Gasteiger charge is -2.22. The third-order valence-corrected chi connectivity index (χ3v) is 3.51. The van der Waals surface area contributed by atoms with Gasteiger partial charge in [-0.15, -0.1) is 0 Å². The summed E-state index contributed by atoms with van der Waals surface area (Å²) in [6.45, 7) is 0. The Labute approximate surface area is 70.8 Å². The summed E-state index contributed by atoms with van der Waals surface area (Å²) in [5.74, 6) is -0.657. The smallest absolute Gasteiger partial charge is 0.310 e. The fourth-order valence-electron chi connectivity index (χ4n) is 2.91. The molecule has 2 rings (SSSR count). The SMILES string of the molecule is O=C(O)C12CCCC1CC(F)C2. The van der Waals surface area contributed by atoms with E-state index in [1.165, 1.54) is 0 Å². The zero-order chi connectivity index (χ0) is 8.77. The predicted molar refractivity (Wildman–Crippen MR) is 41.5 cm³/mol. The van der Waals surface area contributed by atoms with Crippen molar-refractivity contribution in [3.05, 3.63) is 0 Å². The van der Waals surface area contributed by atoms with Gasteiger partial charge in [-0.1, -0.05) is 6.42 Å². The molecular formula is C9H13FO2. The number of fused-ring (bicyclic) bond motifs is 1. The Morgan fingerprint density at radius 3 is 2.92 bits per heavy atom. The van der Waals surface area contributed by atoms with Crippen LogP contribution in [0.5, 0.6) is 0 Å². The molecule has 0 aromatic heterocycles. The number of hydrogen-bond acceptors (Lipinski definition) is 1. The first kappa shape index (κ1) is 8.02. The van der Waals surface area contributed by atoms with Crippen LogP contribution < -0.4 is 0 Å². The van der Waals surface area contributed by atoms with Gasteiger partial charge in [-0.05, 0) is 31.6 Å². The molecule has 3 unspecified atom stereocenters. The van der Waals surface area contributed by atoms with E-state index in [0.717, 1.165) is 12.8 Å². The van der Waals surface area contributed by atoms with Crippen molar-refractivity contribution in [3.63, 3.8) is 0 Å². The molecule has 2 fully saturated rings. The second-order valence-corrected chi connectivity index (χ2v) is 4.09. The lowest BCUT2D eigenvalue weighted by molar-refractivity contribution is -0.150. The summed E-state index contributed by atoms with van der Waals surface area (Å²) in [6.07, 6.45) is 2.43. The molecular weight excluding hydrogens is 159 g/mol. The largest absolute Gasteiger partial charge is 0.481 e. The maximum absolute atomic E-state index is 13.0. The zero-order valence-corrected chi connectivity index (χ0v) is 6.92. The van der Waals surface area contributed by atoms with E-state index in [1.807, 2.05) is 0 Å². The van der Waals surface area contributed by atoms with Gasteiger partial charge in [0.15, 0.2) is 0 Å². The van der Waals surface area contributed by atoms with Crippen molar-refractivity contribution < 1.29 is 14.3 Å². The highest BCUT2D eigenvalue weighted by Gasteiger charge is 2.55. The van der Waals surface area contributed by atoms with Crippen LogP contribution in [0, 0.1) is 11.3 Å². The molecule has 68 valence electrons. The highest BCUT2D eigenvalue weighted by atomic mass is 19.1. The van der Waals surface area contributed by atoms with Gasteiger partial charge in [0.25, 0.3) is 0 Å². The number of aliphatic carboxylic acids is 1. The van der Waals surface area contributed by atoms with Crippen LogP contribution in [-0.2, 0) is 4.79 Å². The summed E-state index contributed by atoms with van der Waals surface area (Å²) in [6, 6.07) is 0. The number of alkyl halides is 1. The second-order valence-electron chi connectivity index (χ2n) is 4.09. The predicted octanol–water partition coefficient (Wildman–Crippen LogP) is 1.99. The third-order valence-electron chi connectivity index (χ3n) is 3.51. The molecule has 0 aromatic rings. The second kappa shape index (κ2) is 2.44. The molecule has 0 radical (unpaired) electrons. The molecule has 3 atom stereocenters. The average Bonchev–Trinajstić information content (AvgIpc) is 2.42. The first-order valence-electron chi connectivity index (χ1n) is 4.52. The minimum Gasteiger partial charge on any atom is -0.481 e. The molecule has 2 aliphatic carbocycles. The van der Waals surface area contributed by atoms with E-state index < -0.39 is 17.6 Å². The zero-order valence-electron chi connectivity index (χ0n) is 6.92. The van der Waals surface area contributed by atoms with E-state index in [-0.39, 0.29) is 12.3 Å². The van der Waals surface area contributed by atoms with Crippen LogP contribution in [0.3, 0.4) is 0 Å². The molecule has 0 amide bonds. The summed E-state index contributed by atoms with van der Waals surface area (Å²) in [4.78, 5) is 11.0. The molecule has 0 heterocycles. The van der Waals surface area contributed by atoms with E-state index in [9.17, 15) is 9.18 Å². The van der Waals surface area contributed by atoms with Crippen molar-refractivity contribution in [2.24, 2.45) is 11.3 Å². The molecule has 12 heavy (non-hydrogen) atoms. The lowest BCUT2D eigenvalue weighted by atomic mass is 9.81. The van der Waals surface area contributed by atoms with Crippen molar-refractivity contribution in [3.8, 4) is 0 Å². The monoisotopic (exact) mass is 172 g/mol. The topological polar surface area (TPSA) is 37.3 Å². The summed E-state index contributed by atoms with van der Waals surface area (Å²) in [5.41, 5.74) is -0.681. The van der Waals surface area contributed by atoms with Gasteiger partial charge in [-0.25, -0.2) is 4.39 Å². The Balaban J connectivity index is 2.26. The van der Waals surface area contributed by atoms with Crippen molar-refractivity contribution in [1.82, 2.24) is 0 Å². The van der Waals surface area contributed by atoms with Crippen molar-refractivity contribution in [2.75, 3.05) is 0 Å². The van der Waals surface area contributed by atoms with Crippen LogP contribution in [0.15, 0.2) is 0 Å². The van der Waals surface area contributed by atoms with Crippen LogP contribution >= 0.6 is 0 Å². The quantitative estimate of drug-likeness (QED) is 0.656. The minimum atomic E-state index is -0.869. The molecule has 0 bridgehead atoms. The maximum Gasteiger partial charge on any atom is 0.310 e.